The summed E-state index contributed by atoms with van der Waals surface area (Å²) in [7, 11) is 0. The molecule has 1 heterocycles. The van der Waals surface area contributed by atoms with Gasteiger partial charge in [-0.2, -0.15) is 5.10 Å². The SMILES string of the molecule is CC(C)(C)C(NC(=O)Cn1cccn1)C(=O)O. The topological polar surface area (TPSA) is 84.2 Å². The number of carboxylic acid groups (broad SMARTS) is 1. The lowest BCUT2D eigenvalue weighted by atomic mass is 9.87. The Kier molecular flexibility index (Phi) is 3.88. The van der Waals surface area contributed by atoms with Crippen molar-refractivity contribution in [2.45, 2.75) is 33.4 Å². The zero-order valence-electron chi connectivity index (χ0n) is 10.2. The summed E-state index contributed by atoms with van der Waals surface area (Å²) >= 11 is 0. The van der Waals surface area contributed by atoms with Crippen LogP contribution in [0.25, 0.3) is 0 Å². The van der Waals surface area contributed by atoms with Crippen molar-refractivity contribution in [3.63, 3.8) is 0 Å². The number of nitrogens with one attached hydrogen (secondary N) is 1. The highest BCUT2D eigenvalue weighted by Gasteiger charge is 2.32. The summed E-state index contributed by atoms with van der Waals surface area (Å²) in [5.41, 5.74) is -0.536. The number of aliphatic carboxylic acids is 1. The van der Waals surface area contributed by atoms with Gasteiger partial charge in [-0.05, 0) is 11.5 Å². The fourth-order valence-corrected chi connectivity index (χ4v) is 1.40. The van der Waals surface area contributed by atoms with E-state index in [0.717, 1.165) is 0 Å². The van der Waals surface area contributed by atoms with Crippen LogP contribution in [-0.2, 0) is 16.1 Å². The zero-order valence-corrected chi connectivity index (χ0v) is 10.2. The number of nitrogens with zero attached hydrogens (tertiary/aromatic N) is 2. The smallest absolute Gasteiger partial charge is 0.326 e. The summed E-state index contributed by atoms with van der Waals surface area (Å²) < 4.78 is 1.44. The van der Waals surface area contributed by atoms with Gasteiger partial charge in [-0.25, -0.2) is 4.79 Å². The molecule has 1 aromatic rings. The minimum absolute atomic E-state index is 0.0207. The average Bonchev–Trinajstić information content (AvgIpc) is 2.64. The highest BCUT2D eigenvalue weighted by Crippen LogP contribution is 2.19. The van der Waals surface area contributed by atoms with Gasteiger partial charge >= 0.3 is 5.97 Å². The van der Waals surface area contributed by atoms with E-state index in [1.54, 1.807) is 39.2 Å². The molecule has 94 valence electrons. The molecule has 0 aromatic carbocycles. The molecule has 0 saturated carbocycles. The molecule has 6 nitrogen and oxygen atoms in total. The Morgan fingerprint density at radius 2 is 2.12 bits per heavy atom. The molecule has 1 unspecified atom stereocenters. The third-order valence-electron chi connectivity index (χ3n) is 2.28. The van der Waals surface area contributed by atoms with E-state index in [4.69, 9.17) is 5.11 Å². The number of amides is 1. The maximum absolute atomic E-state index is 11.6. The summed E-state index contributed by atoms with van der Waals surface area (Å²) in [4.78, 5) is 22.7. The second-order valence-corrected chi connectivity index (χ2v) is 4.91. The summed E-state index contributed by atoms with van der Waals surface area (Å²) in [6.07, 6.45) is 3.21. The molecule has 17 heavy (non-hydrogen) atoms. The lowest BCUT2D eigenvalue weighted by molar-refractivity contribution is -0.145. The Balaban J connectivity index is 2.62. The average molecular weight is 239 g/mol. The molecule has 1 amide bonds. The minimum Gasteiger partial charge on any atom is -0.480 e. The van der Waals surface area contributed by atoms with Gasteiger partial charge < -0.3 is 10.4 Å². The van der Waals surface area contributed by atoms with E-state index in [1.807, 2.05) is 0 Å². The number of hydrogen-bond donors (Lipinski definition) is 2. The van der Waals surface area contributed by atoms with Gasteiger partial charge in [0.1, 0.15) is 12.6 Å². The Morgan fingerprint density at radius 3 is 2.53 bits per heavy atom. The highest BCUT2D eigenvalue weighted by molar-refractivity contribution is 5.83. The zero-order chi connectivity index (χ0) is 13.1. The van der Waals surface area contributed by atoms with E-state index in [1.165, 1.54) is 4.68 Å². The molecular weight excluding hydrogens is 222 g/mol. The molecule has 0 spiro atoms. The summed E-state index contributed by atoms with van der Waals surface area (Å²) in [5.74, 6) is -1.40. The van der Waals surface area contributed by atoms with Crippen LogP contribution in [0.5, 0.6) is 0 Å². The number of hydrogen-bond acceptors (Lipinski definition) is 3. The first-order chi connectivity index (χ1) is 7.80. The fraction of sp³-hybridized carbons (Fsp3) is 0.545. The van der Waals surface area contributed by atoms with Crippen LogP contribution in [0.2, 0.25) is 0 Å². The van der Waals surface area contributed by atoms with Crippen molar-refractivity contribution >= 4 is 11.9 Å². The largest absolute Gasteiger partial charge is 0.480 e. The van der Waals surface area contributed by atoms with Gasteiger partial charge in [0.2, 0.25) is 5.91 Å². The van der Waals surface area contributed by atoms with Crippen LogP contribution in [0.4, 0.5) is 0 Å². The minimum atomic E-state index is -1.04. The van der Waals surface area contributed by atoms with Gasteiger partial charge in [-0.1, -0.05) is 20.8 Å². The lowest BCUT2D eigenvalue weighted by Crippen LogP contribution is -2.49. The molecule has 0 saturated heterocycles. The lowest BCUT2D eigenvalue weighted by Gasteiger charge is -2.27. The second-order valence-electron chi connectivity index (χ2n) is 4.91. The van der Waals surface area contributed by atoms with Crippen molar-refractivity contribution in [1.82, 2.24) is 15.1 Å². The number of aromatic nitrogens is 2. The first-order valence-electron chi connectivity index (χ1n) is 5.30. The van der Waals surface area contributed by atoms with Gasteiger partial charge in [0, 0.05) is 12.4 Å². The fourth-order valence-electron chi connectivity index (χ4n) is 1.40. The third-order valence-corrected chi connectivity index (χ3v) is 2.28. The molecule has 6 heteroatoms. The van der Waals surface area contributed by atoms with Crippen molar-refractivity contribution in [3.8, 4) is 0 Å². The van der Waals surface area contributed by atoms with Crippen LogP contribution in [0.3, 0.4) is 0 Å². The molecule has 0 aliphatic heterocycles. The van der Waals surface area contributed by atoms with E-state index in [-0.39, 0.29) is 12.5 Å². The second kappa shape index (κ2) is 4.99. The van der Waals surface area contributed by atoms with Crippen molar-refractivity contribution in [2.75, 3.05) is 0 Å². The standard InChI is InChI=1S/C11H17N3O3/c1-11(2,3)9(10(16)17)13-8(15)7-14-6-4-5-12-14/h4-6,9H,7H2,1-3H3,(H,13,15)(H,16,17). The van der Waals surface area contributed by atoms with Crippen LogP contribution in [-0.4, -0.2) is 32.8 Å². The van der Waals surface area contributed by atoms with Crippen molar-refractivity contribution in [2.24, 2.45) is 5.41 Å². The van der Waals surface area contributed by atoms with E-state index in [2.05, 4.69) is 10.4 Å². The molecule has 2 N–H and O–H groups in total. The van der Waals surface area contributed by atoms with Crippen LogP contribution < -0.4 is 5.32 Å². The molecule has 0 aliphatic rings. The van der Waals surface area contributed by atoms with Crippen LogP contribution in [0, 0.1) is 5.41 Å². The van der Waals surface area contributed by atoms with E-state index in [0.29, 0.717) is 0 Å². The maximum atomic E-state index is 11.6. The molecule has 1 atom stereocenters. The Hall–Kier alpha value is -1.85. The van der Waals surface area contributed by atoms with Gasteiger partial charge in [-0.15, -0.1) is 0 Å². The van der Waals surface area contributed by atoms with E-state index >= 15 is 0 Å². The monoisotopic (exact) mass is 239 g/mol. The van der Waals surface area contributed by atoms with Gasteiger partial charge in [0.15, 0.2) is 0 Å². The normalized spacial score (nSPS) is 13.1. The number of carbonyl (C=O) groups excluding carboxylic acids is 1. The molecule has 0 fully saturated rings. The highest BCUT2D eigenvalue weighted by atomic mass is 16.4. The van der Waals surface area contributed by atoms with E-state index in [9.17, 15) is 9.59 Å². The number of rotatable bonds is 4. The number of carboxylic acids is 1. The predicted octanol–water partition coefficient (Wildman–Crippen LogP) is 0.499. The molecule has 1 aromatic heterocycles. The molecule has 0 bridgehead atoms. The Morgan fingerprint density at radius 1 is 1.47 bits per heavy atom. The molecular formula is C11H17N3O3. The molecule has 0 aliphatic carbocycles. The summed E-state index contributed by atoms with van der Waals surface area (Å²) in [5, 5.41) is 15.4. The third kappa shape index (κ3) is 3.90. The van der Waals surface area contributed by atoms with Crippen LogP contribution in [0.1, 0.15) is 20.8 Å². The van der Waals surface area contributed by atoms with Crippen molar-refractivity contribution in [3.05, 3.63) is 18.5 Å². The van der Waals surface area contributed by atoms with Crippen LogP contribution in [0.15, 0.2) is 18.5 Å². The Labute approximate surface area is 99.6 Å². The van der Waals surface area contributed by atoms with Crippen molar-refractivity contribution < 1.29 is 14.7 Å². The molecule has 0 radical (unpaired) electrons. The first-order valence-corrected chi connectivity index (χ1v) is 5.30. The first kappa shape index (κ1) is 13.2. The van der Waals surface area contributed by atoms with Crippen LogP contribution >= 0.6 is 0 Å². The molecule has 1 rings (SSSR count). The predicted molar refractivity (Wildman–Crippen MR) is 61.2 cm³/mol. The summed E-state index contributed by atoms with van der Waals surface area (Å²) in [6, 6.07) is 0.789. The van der Waals surface area contributed by atoms with Gasteiger partial charge in [-0.3, -0.25) is 9.48 Å². The number of carbonyl (C=O) groups is 2. The maximum Gasteiger partial charge on any atom is 0.326 e. The van der Waals surface area contributed by atoms with E-state index < -0.39 is 17.4 Å². The summed E-state index contributed by atoms with van der Waals surface area (Å²) in [6.45, 7) is 5.31. The van der Waals surface area contributed by atoms with Crippen molar-refractivity contribution in [1.29, 1.82) is 0 Å². The quantitative estimate of drug-likeness (QED) is 0.801. The van der Waals surface area contributed by atoms with Gasteiger partial charge in [0.25, 0.3) is 0 Å². The Bertz CT molecular complexity index is 393. The van der Waals surface area contributed by atoms with Gasteiger partial charge in [0.05, 0.1) is 0 Å².